The second-order valence-electron chi connectivity index (χ2n) is 8.40. The normalized spacial score (nSPS) is 14.1. The lowest BCUT2D eigenvalue weighted by atomic mass is 9.91. The Morgan fingerprint density at radius 1 is 0.943 bits per heavy atom. The number of aliphatic hydroxyl groups is 1. The first-order chi connectivity index (χ1) is 16.8. The van der Waals surface area contributed by atoms with Crippen molar-refractivity contribution in [3.63, 3.8) is 0 Å². The van der Waals surface area contributed by atoms with E-state index in [1.54, 1.807) is 6.07 Å². The summed E-state index contributed by atoms with van der Waals surface area (Å²) in [5.74, 6) is -0.197. The molecule has 2 aliphatic heterocycles. The fraction of sp³-hybridized carbons (Fsp3) is 0.417. The van der Waals surface area contributed by atoms with Gasteiger partial charge in [-0.05, 0) is 30.0 Å². The summed E-state index contributed by atoms with van der Waals surface area (Å²) < 4.78 is 33.4. The van der Waals surface area contributed by atoms with E-state index in [0.29, 0.717) is 22.6 Å². The third-order valence-corrected chi connectivity index (χ3v) is 5.71. The van der Waals surface area contributed by atoms with Crippen LogP contribution in [-0.4, -0.2) is 55.9 Å². The van der Waals surface area contributed by atoms with Gasteiger partial charge in [0.05, 0.1) is 26.4 Å². The maximum atomic E-state index is 13.5. The number of nitrogens with one attached hydrogen (secondary N) is 1. The molecule has 11 heteroatoms. The van der Waals surface area contributed by atoms with Crippen LogP contribution in [0.3, 0.4) is 0 Å². The van der Waals surface area contributed by atoms with Crippen LogP contribution in [0.25, 0.3) is 11.1 Å². The number of aliphatic hydroxyl groups excluding tert-OH is 1. The van der Waals surface area contributed by atoms with Gasteiger partial charge in [-0.3, -0.25) is 4.79 Å². The van der Waals surface area contributed by atoms with Gasteiger partial charge in [-0.15, -0.1) is 0 Å². The molecule has 2 aromatic carbocycles. The summed E-state index contributed by atoms with van der Waals surface area (Å²) in [6.07, 6.45) is 0.231. The van der Waals surface area contributed by atoms with E-state index in [-0.39, 0.29) is 60.0 Å². The lowest BCUT2D eigenvalue weighted by Crippen LogP contribution is -2.41. The number of hydrogen-bond donors (Lipinski definition) is 3. The number of methoxy groups -OCH3 is 2. The molecule has 0 bridgehead atoms. The zero-order chi connectivity index (χ0) is 25.3. The third kappa shape index (κ3) is 4.34. The number of amides is 1. The quantitative estimate of drug-likeness (QED) is 0.481. The van der Waals surface area contributed by atoms with Gasteiger partial charge in [-0.25, -0.2) is 4.79 Å². The van der Waals surface area contributed by atoms with Crippen LogP contribution in [0.1, 0.15) is 36.2 Å². The number of carbonyl (C=O) groups is 2. The van der Waals surface area contributed by atoms with Crippen LogP contribution in [0.2, 0.25) is 0 Å². The maximum absolute atomic E-state index is 13.5. The molecule has 0 aliphatic carbocycles. The van der Waals surface area contributed by atoms with Crippen molar-refractivity contribution in [1.82, 2.24) is 5.32 Å². The fourth-order valence-corrected chi connectivity index (χ4v) is 4.19. The van der Waals surface area contributed by atoms with Crippen molar-refractivity contribution in [2.75, 3.05) is 27.8 Å². The van der Waals surface area contributed by atoms with Gasteiger partial charge in [0.1, 0.15) is 6.04 Å². The minimum Gasteiger partial charge on any atom is -0.493 e. The Balaban J connectivity index is 1.95. The summed E-state index contributed by atoms with van der Waals surface area (Å²) in [4.78, 5) is 25.4. The number of aliphatic carboxylic acids is 1. The van der Waals surface area contributed by atoms with Crippen LogP contribution in [0.15, 0.2) is 12.1 Å². The van der Waals surface area contributed by atoms with Crippen LogP contribution in [0.4, 0.5) is 0 Å². The number of carboxylic acid groups (broad SMARTS) is 1. The Morgan fingerprint density at radius 2 is 1.49 bits per heavy atom. The van der Waals surface area contributed by atoms with Gasteiger partial charge in [0.2, 0.25) is 25.1 Å². The van der Waals surface area contributed by atoms with Crippen molar-refractivity contribution in [1.29, 1.82) is 0 Å². The molecule has 188 valence electrons. The van der Waals surface area contributed by atoms with Crippen LogP contribution in [0, 0.1) is 5.92 Å². The van der Waals surface area contributed by atoms with Crippen LogP contribution in [0.5, 0.6) is 34.5 Å². The van der Waals surface area contributed by atoms with Crippen molar-refractivity contribution in [3.8, 4) is 45.6 Å². The van der Waals surface area contributed by atoms with Gasteiger partial charge >= 0.3 is 5.97 Å². The fourth-order valence-electron chi connectivity index (χ4n) is 4.19. The molecule has 0 aromatic heterocycles. The van der Waals surface area contributed by atoms with E-state index >= 15 is 0 Å². The van der Waals surface area contributed by atoms with Crippen molar-refractivity contribution >= 4 is 11.9 Å². The average molecular weight is 489 g/mol. The summed E-state index contributed by atoms with van der Waals surface area (Å²) >= 11 is 0. The number of fused-ring (bicyclic) bond motifs is 2. The predicted molar refractivity (Wildman–Crippen MR) is 121 cm³/mol. The Bertz CT molecular complexity index is 1160. The monoisotopic (exact) mass is 489 g/mol. The first kappa shape index (κ1) is 24.3. The molecule has 0 saturated carbocycles. The summed E-state index contributed by atoms with van der Waals surface area (Å²) in [6.45, 7) is 3.08. The van der Waals surface area contributed by atoms with Gasteiger partial charge in [-0.1, -0.05) is 13.8 Å². The van der Waals surface area contributed by atoms with E-state index in [9.17, 15) is 19.8 Å². The molecule has 1 amide bonds. The highest BCUT2D eigenvalue weighted by Crippen LogP contribution is 2.56. The molecular weight excluding hydrogens is 462 g/mol. The minimum atomic E-state index is -1.15. The standard InChI is InChI=1S/C24H27NO10/c1-11(2)5-14(24(28)29)25-23(27)13-7-16(31-4)20-22(35-10-33-20)18(13)17-12(8-26)6-15(30-3)19-21(17)34-9-32-19/h6-7,11,14,26H,5,8-10H2,1-4H3,(H,25,27)(H,28,29). The SMILES string of the molecule is COc1cc(CO)c(-c2c(C(=O)NC(CC(C)C)C(=O)O)cc(OC)c3c2OCO3)c2c1OCO2. The maximum Gasteiger partial charge on any atom is 0.326 e. The summed E-state index contributed by atoms with van der Waals surface area (Å²) in [7, 11) is 2.87. The molecule has 35 heavy (non-hydrogen) atoms. The first-order valence-corrected chi connectivity index (χ1v) is 11.0. The Kier molecular flexibility index (Phi) is 6.79. The Morgan fingerprint density at radius 3 is 2.00 bits per heavy atom. The molecule has 1 unspecified atom stereocenters. The molecule has 11 nitrogen and oxygen atoms in total. The lowest BCUT2D eigenvalue weighted by molar-refractivity contribution is -0.139. The van der Waals surface area contributed by atoms with Crippen LogP contribution >= 0.6 is 0 Å². The molecule has 4 rings (SSSR count). The topological polar surface area (TPSA) is 142 Å². The number of carboxylic acids is 1. The Hall–Kier alpha value is -3.86. The van der Waals surface area contributed by atoms with E-state index < -0.39 is 24.5 Å². The molecule has 2 aromatic rings. The van der Waals surface area contributed by atoms with Crippen LogP contribution in [-0.2, 0) is 11.4 Å². The molecule has 0 spiro atoms. The van der Waals surface area contributed by atoms with Crippen LogP contribution < -0.4 is 33.7 Å². The van der Waals surface area contributed by atoms with Gasteiger partial charge in [0.25, 0.3) is 5.91 Å². The van der Waals surface area contributed by atoms with E-state index in [1.807, 2.05) is 13.8 Å². The molecule has 0 saturated heterocycles. The molecular formula is C24H27NO10. The molecule has 2 aliphatic rings. The van der Waals surface area contributed by atoms with Crippen molar-refractivity contribution in [3.05, 3.63) is 23.3 Å². The Labute approximate surface area is 201 Å². The molecule has 0 radical (unpaired) electrons. The predicted octanol–water partition coefficient (Wildman–Crippen LogP) is 2.55. The highest BCUT2D eigenvalue weighted by atomic mass is 16.7. The molecule has 1 atom stereocenters. The minimum absolute atomic E-state index is 0.0264. The van der Waals surface area contributed by atoms with Crippen molar-refractivity contribution in [2.24, 2.45) is 5.92 Å². The first-order valence-electron chi connectivity index (χ1n) is 11.0. The summed E-state index contributed by atoms with van der Waals surface area (Å²) in [5, 5.41) is 22.5. The number of hydrogen-bond acceptors (Lipinski definition) is 9. The molecule has 0 fully saturated rings. The van der Waals surface area contributed by atoms with Gasteiger partial charge < -0.3 is 44.0 Å². The zero-order valence-electron chi connectivity index (χ0n) is 19.8. The zero-order valence-corrected chi connectivity index (χ0v) is 19.8. The average Bonchev–Trinajstić information content (AvgIpc) is 3.51. The molecule has 3 N–H and O–H groups in total. The number of rotatable bonds is 9. The summed E-state index contributed by atoms with van der Waals surface area (Å²) in [6, 6.07) is 1.90. The van der Waals surface area contributed by atoms with Crippen molar-refractivity contribution in [2.45, 2.75) is 32.9 Å². The van der Waals surface area contributed by atoms with E-state index in [2.05, 4.69) is 5.32 Å². The van der Waals surface area contributed by atoms with Crippen molar-refractivity contribution < 1.29 is 48.2 Å². The highest BCUT2D eigenvalue weighted by molar-refractivity contribution is 6.06. The van der Waals surface area contributed by atoms with Gasteiger partial charge in [0.15, 0.2) is 23.0 Å². The van der Waals surface area contributed by atoms with Gasteiger partial charge in [-0.2, -0.15) is 0 Å². The lowest BCUT2D eigenvalue weighted by Gasteiger charge is -2.21. The largest absolute Gasteiger partial charge is 0.493 e. The second kappa shape index (κ2) is 9.79. The van der Waals surface area contributed by atoms with Gasteiger partial charge in [0, 0.05) is 11.1 Å². The van der Waals surface area contributed by atoms with E-state index in [1.165, 1.54) is 20.3 Å². The second-order valence-corrected chi connectivity index (χ2v) is 8.40. The number of carbonyl (C=O) groups excluding carboxylic acids is 1. The summed E-state index contributed by atoms with van der Waals surface area (Å²) in [5.41, 5.74) is 1.02. The number of ether oxygens (including phenoxy) is 6. The number of benzene rings is 2. The third-order valence-electron chi connectivity index (χ3n) is 5.71. The smallest absolute Gasteiger partial charge is 0.326 e. The van der Waals surface area contributed by atoms with E-state index in [0.717, 1.165) is 0 Å². The molecule has 2 heterocycles. The van der Waals surface area contributed by atoms with E-state index in [4.69, 9.17) is 28.4 Å². The highest BCUT2D eigenvalue weighted by Gasteiger charge is 2.36.